The fraction of sp³-hybridized carbons (Fsp3) is 0.652. The highest BCUT2D eigenvalue weighted by Crippen LogP contribution is 2.40. The summed E-state index contributed by atoms with van der Waals surface area (Å²) in [6.07, 6.45) is 6.85. The van der Waals surface area contributed by atoms with Crippen molar-refractivity contribution in [2.45, 2.75) is 58.8 Å². The molecule has 1 spiro atoms. The fourth-order valence-corrected chi connectivity index (χ4v) is 4.83. The average molecular weight is 369 g/mol. The van der Waals surface area contributed by atoms with Crippen molar-refractivity contribution in [1.82, 2.24) is 9.80 Å². The first-order chi connectivity index (χ1) is 12.9. The van der Waals surface area contributed by atoms with Crippen molar-refractivity contribution in [3.8, 4) is 0 Å². The van der Waals surface area contributed by atoms with Gasteiger partial charge in [0.05, 0.1) is 6.42 Å². The minimum Gasteiger partial charge on any atom is -0.342 e. The summed E-state index contributed by atoms with van der Waals surface area (Å²) in [7, 11) is 0. The maximum absolute atomic E-state index is 13.0. The molecule has 1 atom stereocenters. The summed E-state index contributed by atoms with van der Waals surface area (Å²) >= 11 is 0. The van der Waals surface area contributed by atoms with Crippen molar-refractivity contribution in [2.24, 2.45) is 11.3 Å². The van der Waals surface area contributed by atoms with Gasteiger partial charge in [0.2, 0.25) is 11.8 Å². The minimum atomic E-state index is 0.125. The van der Waals surface area contributed by atoms with Crippen LogP contribution in [0.4, 0.5) is 0 Å². The number of carbonyl (C=O) groups excluding carboxylic acids is 2. The van der Waals surface area contributed by atoms with Gasteiger partial charge in [0, 0.05) is 38.0 Å². The first-order valence-corrected chi connectivity index (χ1v) is 10.6. The quantitative estimate of drug-likeness (QED) is 0.816. The van der Waals surface area contributed by atoms with Gasteiger partial charge in [-0.15, -0.1) is 0 Å². The van der Waals surface area contributed by atoms with Crippen LogP contribution in [0.5, 0.6) is 0 Å². The zero-order valence-corrected chi connectivity index (χ0v) is 16.8. The molecule has 4 rings (SSSR count). The summed E-state index contributed by atoms with van der Waals surface area (Å²) in [4.78, 5) is 29.5. The highest BCUT2D eigenvalue weighted by Gasteiger charge is 2.43. The maximum atomic E-state index is 13.0. The van der Waals surface area contributed by atoms with Crippen LogP contribution < -0.4 is 0 Å². The normalized spacial score (nSPS) is 25.9. The average Bonchev–Trinajstić information content (AvgIpc) is 3.46. The number of aryl methyl sites for hydroxylation is 2. The summed E-state index contributed by atoms with van der Waals surface area (Å²) in [5, 5.41) is 0. The standard InChI is InChI=1S/C23H32N2O2/c1-17-4-5-20(12-18(17)2)13-22(27)24-11-3-9-23(15-24)10-8-21(26)25(16-23)14-19-6-7-19/h4-5,12,19H,3,6-11,13-16H2,1-2H3/t23-/m0/s1. The first-order valence-electron chi connectivity index (χ1n) is 10.6. The van der Waals surface area contributed by atoms with Gasteiger partial charge in [-0.05, 0) is 68.6 Å². The number of benzene rings is 1. The van der Waals surface area contributed by atoms with E-state index in [0.29, 0.717) is 18.7 Å². The van der Waals surface area contributed by atoms with Crippen LogP contribution in [0.2, 0.25) is 0 Å². The third kappa shape index (κ3) is 4.20. The van der Waals surface area contributed by atoms with E-state index in [0.717, 1.165) is 56.9 Å². The molecule has 1 aromatic rings. The molecule has 4 heteroatoms. The maximum Gasteiger partial charge on any atom is 0.227 e. The van der Waals surface area contributed by atoms with E-state index in [2.05, 4.69) is 41.8 Å². The third-order valence-electron chi connectivity index (χ3n) is 6.86. The smallest absolute Gasteiger partial charge is 0.227 e. The Hall–Kier alpha value is -1.84. The first kappa shape index (κ1) is 18.5. The molecule has 4 nitrogen and oxygen atoms in total. The third-order valence-corrected chi connectivity index (χ3v) is 6.86. The Morgan fingerprint density at radius 1 is 1.15 bits per heavy atom. The lowest BCUT2D eigenvalue weighted by atomic mass is 9.73. The number of hydrogen-bond acceptors (Lipinski definition) is 2. The van der Waals surface area contributed by atoms with Crippen molar-refractivity contribution in [1.29, 1.82) is 0 Å². The molecule has 0 unspecified atom stereocenters. The van der Waals surface area contributed by atoms with Gasteiger partial charge in [-0.3, -0.25) is 9.59 Å². The molecule has 1 aliphatic carbocycles. The second-order valence-corrected chi connectivity index (χ2v) is 9.23. The number of carbonyl (C=O) groups is 2. The van der Waals surface area contributed by atoms with Gasteiger partial charge in [0.1, 0.15) is 0 Å². The highest BCUT2D eigenvalue weighted by molar-refractivity contribution is 5.79. The van der Waals surface area contributed by atoms with Crippen molar-refractivity contribution in [2.75, 3.05) is 26.2 Å². The van der Waals surface area contributed by atoms with Gasteiger partial charge in [-0.25, -0.2) is 0 Å². The number of hydrogen-bond donors (Lipinski definition) is 0. The Morgan fingerprint density at radius 3 is 2.70 bits per heavy atom. The topological polar surface area (TPSA) is 40.6 Å². The van der Waals surface area contributed by atoms with Crippen LogP contribution in [0.25, 0.3) is 0 Å². The van der Waals surface area contributed by atoms with E-state index in [-0.39, 0.29) is 11.3 Å². The molecule has 3 fully saturated rings. The SMILES string of the molecule is Cc1ccc(CC(=O)N2CCC[C@]3(CCC(=O)N(CC4CC4)C3)C2)cc1C. The summed E-state index contributed by atoms with van der Waals surface area (Å²) in [5.41, 5.74) is 3.75. The lowest BCUT2D eigenvalue weighted by molar-refractivity contribution is -0.143. The van der Waals surface area contributed by atoms with Gasteiger partial charge >= 0.3 is 0 Å². The summed E-state index contributed by atoms with van der Waals surface area (Å²) in [5.74, 6) is 1.30. The van der Waals surface area contributed by atoms with Crippen LogP contribution in [-0.4, -0.2) is 47.8 Å². The molecular weight excluding hydrogens is 336 g/mol. The van der Waals surface area contributed by atoms with Crippen molar-refractivity contribution in [3.05, 3.63) is 34.9 Å². The van der Waals surface area contributed by atoms with E-state index in [1.54, 1.807) is 0 Å². The molecule has 0 aromatic heterocycles. The zero-order chi connectivity index (χ0) is 19.0. The van der Waals surface area contributed by atoms with Crippen LogP contribution in [0.15, 0.2) is 18.2 Å². The monoisotopic (exact) mass is 368 g/mol. The predicted molar refractivity (Wildman–Crippen MR) is 106 cm³/mol. The molecule has 3 aliphatic rings. The molecule has 0 N–H and O–H groups in total. The molecule has 146 valence electrons. The Morgan fingerprint density at radius 2 is 1.96 bits per heavy atom. The molecule has 1 aromatic carbocycles. The largest absolute Gasteiger partial charge is 0.342 e. The number of nitrogens with zero attached hydrogens (tertiary/aromatic N) is 2. The van der Waals surface area contributed by atoms with Crippen LogP contribution >= 0.6 is 0 Å². The van der Waals surface area contributed by atoms with Gasteiger partial charge in [0.25, 0.3) is 0 Å². The van der Waals surface area contributed by atoms with Crippen LogP contribution in [0.1, 0.15) is 55.2 Å². The molecule has 0 radical (unpaired) electrons. The van der Waals surface area contributed by atoms with Gasteiger partial charge in [0.15, 0.2) is 0 Å². The molecule has 0 bridgehead atoms. The number of rotatable bonds is 4. The lowest BCUT2D eigenvalue weighted by Gasteiger charge is -2.48. The summed E-state index contributed by atoms with van der Waals surface area (Å²) in [6, 6.07) is 6.33. The predicted octanol–water partition coefficient (Wildman–Crippen LogP) is 3.49. The summed E-state index contributed by atoms with van der Waals surface area (Å²) in [6.45, 7) is 7.69. The Balaban J connectivity index is 1.41. The Bertz CT molecular complexity index is 740. The van der Waals surface area contributed by atoms with E-state index in [9.17, 15) is 9.59 Å². The fourth-order valence-electron chi connectivity index (χ4n) is 4.83. The number of likely N-dealkylation sites (tertiary alicyclic amines) is 2. The van der Waals surface area contributed by atoms with E-state index in [1.807, 2.05) is 0 Å². The summed E-state index contributed by atoms with van der Waals surface area (Å²) < 4.78 is 0. The molecule has 2 aliphatic heterocycles. The van der Waals surface area contributed by atoms with Crippen LogP contribution in [0.3, 0.4) is 0 Å². The molecular formula is C23H32N2O2. The second-order valence-electron chi connectivity index (χ2n) is 9.23. The van der Waals surface area contributed by atoms with Crippen molar-refractivity contribution in [3.63, 3.8) is 0 Å². The molecule has 1 saturated carbocycles. The van der Waals surface area contributed by atoms with Gasteiger partial charge < -0.3 is 9.80 Å². The minimum absolute atomic E-state index is 0.125. The van der Waals surface area contributed by atoms with Crippen LogP contribution in [-0.2, 0) is 16.0 Å². The van der Waals surface area contributed by atoms with Crippen molar-refractivity contribution >= 4 is 11.8 Å². The highest BCUT2D eigenvalue weighted by atomic mass is 16.2. The molecule has 2 heterocycles. The number of amides is 2. The van der Waals surface area contributed by atoms with E-state index in [4.69, 9.17) is 0 Å². The molecule has 27 heavy (non-hydrogen) atoms. The van der Waals surface area contributed by atoms with E-state index in [1.165, 1.54) is 24.0 Å². The van der Waals surface area contributed by atoms with E-state index < -0.39 is 0 Å². The lowest BCUT2D eigenvalue weighted by Crippen LogP contribution is -2.55. The van der Waals surface area contributed by atoms with Crippen LogP contribution in [0, 0.1) is 25.2 Å². The molecule has 2 saturated heterocycles. The Kier molecular flexibility index (Phi) is 5.00. The second kappa shape index (κ2) is 7.29. The number of piperidine rings is 2. The van der Waals surface area contributed by atoms with Gasteiger partial charge in [-0.1, -0.05) is 18.2 Å². The van der Waals surface area contributed by atoms with Crippen molar-refractivity contribution < 1.29 is 9.59 Å². The molecule has 2 amide bonds. The Labute approximate surface area is 162 Å². The van der Waals surface area contributed by atoms with Gasteiger partial charge in [-0.2, -0.15) is 0 Å². The zero-order valence-electron chi connectivity index (χ0n) is 16.8. The van der Waals surface area contributed by atoms with E-state index >= 15 is 0 Å².